The molecule has 84 valence electrons. The van der Waals surface area contributed by atoms with Crippen molar-refractivity contribution in [3.63, 3.8) is 0 Å². The van der Waals surface area contributed by atoms with E-state index in [0.29, 0.717) is 0 Å². The van der Waals surface area contributed by atoms with Gasteiger partial charge in [-0.25, -0.2) is 0 Å². The average molecular weight is 199 g/mol. The monoisotopic (exact) mass is 199 g/mol. The zero-order valence-corrected chi connectivity index (χ0v) is 10.7. The van der Waals surface area contributed by atoms with E-state index in [-0.39, 0.29) is 22.8 Å². The fraction of sp³-hybridized carbons (Fsp3) is 0.917. The fourth-order valence-corrected chi connectivity index (χ4v) is 1.43. The second-order valence-corrected chi connectivity index (χ2v) is 6.38. The van der Waals surface area contributed by atoms with E-state index in [9.17, 15) is 4.79 Å². The molecule has 0 aromatic heterocycles. The number of carbonyl (C=O) groups excluding carboxylic acids is 1. The van der Waals surface area contributed by atoms with E-state index < -0.39 is 0 Å². The smallest absolute Gasteiger partial charge is 0.217 e. The van der Waals surface area contributed by atoms with Gasteiger partial charge in [0.05, 0.1) is 0 Å². The van der Waals surface area contributed by atoms with Crippen LogP contribution in [0.3, 0.4) is 0 Å². The Kier molecular flexibility index (Phi) is 4.16. The van der Waals surface area contributed by atoms with E-state index in [1.807, 2.05) is 0 Å². The van der Waals surface area contributed by atoms with Crippen LogP contribution in [0, 0.1) is 10.8 Å². The third kappa shape index (κ3) is 6.01. The van der Waals surface area contributed by atoms with Crippen molar-refractivity contribution in [3.8, 4) is 0 Å². The second kappa shape index (κ2) is 4.33. The van der Waals surface area contributed by atoms with Gasteiger partial charge in [-0.3, -0.25) is 4.79 Å². The van der Waals surface area contributed by atoms with Gasteiger partial charge < -0.3 is 5.32 Å². The van der Waals surface area contributed by atoms with Crippen LogP contribution in [0.5, 0.6) is 0 Å². The average Bonchev–Trinajstić information content (AvgIpc) is 1.78. The molecule has 1 unspecified atom stereocenters. The molecule has 0 heterocycles. The first-order valence-electron chi connectivity index (χ1n) is 5.29. The summed E-state index contributed by atoms with van der Waals surface area (Å²) in [7, 11) is 0. The highest BCUT2D eigenvalue weighted by Crippen LogP contribution is 2.30. The number of hydrogen-bond donors (Lipinski definition) is 1. The van der Waals surface area contributed by atoms with Crippen molar-refractivity contribution in [2.24, 2.45) is 10.8 Å². The van der Waals surface area contributed by atoms with Gasteiger partial charge in [-0.05, 0) is 17.3 Å². The first kappa shape index (κ1) is 13.5. The molecule has 1 amide bonds. The van der Waals surface area contributed by atoms with Gasteiger partial charge in [-0.2, -0.15) is 0 Å². The lowest BCUT2D eigenvalue weighted by atomic mass is 9.77. The molecule has 1 atom stereocenters. The van der Waals surface area contributed by atoms with Gasteiger partial charge in [0.25, 0.3) is 0 Å². The van der Waals surface area contributed by atoms with Gasteiger partial charge >= 0.3 is 0 Å². The molecule has 0 saturated carbocycles. The van der Waals surface area contributed by atoms with Gasteiger partial charge in [0, 0.05) is 13.0 Å². The largest absolute Gasteiger partial charge is 0.353 e. The Morgan fingerprint density at radius 3 is 1.79 bits per heavy atom. The minimum atomic E-state index is 0.0641. The Morgan fingerprint density at radius 2 is 1.57 bits per heavy atom. The van der Waals surface area contributed by atoms with Crippen LogP contribution in [0.2, 0.25) is 0 Å². The SMILES string of the molecule is CC(=O)NC(CC(C)(C)C)C(C)(C)C. The molecule has 0 aliphatic heterocycles. The number of amides is 1. The lowest BCUT2D eigenvalue weighted by molar-refractivity contribution is -0.120. The first-order valence-corrected chi connectivity index (χ1v) is 5.29. The topological polar surface area (TPSA) is 29.1 Å². The highest BCUT2D eigenvalue weighted by Gasteiger charge is 2.29. The zero-order valence-electron chi connectivity index (χ0n) is 10.7. The summed E-state index contributed by atoms with van der Waals surface area (Å²) < 4.78 is 0. The molecule has 1 N–H and O–H groups in total. The molecule has 0 aliphatic carbocycles. The summed E-state index contributed by atoms with van der Waals surface area (Å²) in [6, 6.07) is 0.250. The number of hydrogen-bond acceptors (Lipinski definition) is 1. The van der Waals surface area contributed by atoms with E-state index >= 15 is 0 Å². The van der Waals surface area contributed by atoms with Crippen molar-refractivity contribution in [1.82, 2.24) is 5.32 Å². The molecular weight excluding hydrogens is 174 g/mol. The minimum Gasteiger partial charge on any atom is -0.353 e. The van der Waals surface area contributed by atoms with Crippen LogP contribution in [-0.4, -0.2) is 11.9 Å². The molecular formula is C12H25NO. The summed E-state index contributed by atoms with van der Waals surface area (Å²) in [5, 5.41) is 3.04. The predicted molar refractivity (Wildman–Crippen MR) is 61.1 cm³/mol. The second-order valence-electron chi connectivity index (χ2n) is 6.38. The minimum absolute atomic E-state index is 0.0641. The normalized spacial score (nSPS) is 15.1. The first-order chi connectivity index (χ1) is 6.02. The van der Waals surface area contributed by atoms with Crippen LogP contribution in [-0.2, 0) is 4.79 Å². The summed E-state index contributed by atoms with van der Waals surface area (Å²) >= 11 is 0. The Balaban J connectivity index is 4.50. The molecule has 2 nitrogen and oxygen atoms in total. The van der Waals surface area contributed by atoms with Crippen molar-refractivity contribution in [2.75, 3.05) is 0 Å². The van der Waals surface area contributed by atoms with Gasteiger partial charge in [0.15, 0.2) is 0 Å². The lowest BCUT2D eigenvalue weighted by Crippen LogP contribution is -2.44. The summed E-state index contributed by atoms with van der Waals surface area (Å²) in [5.74, 6) is 0.0641. The Morgan fingerprint density at radius 1 is 1.14 bits per heavy atom. The highest BCUT2D eigenvalue weighted by molar-refractivity contribution is 5.73. The molecule has 0 saturated heterocycles. The number of carbonyl (C=O) groups is 1. The van der Waals surface area contributed by atoms with Gasteiger partial charge in [0.2, 0.25) is 5.91 Å². The standard InChI is InChI=1S/C12H25NO/c1-9(14)13-10(12(5,6)7)8-11(2,3)4/h10H,8H2,1-7H3,(H,13,14). The third-order valence-corrected chi connectivity index (χ3v) is 2.24. The molecule has 0 aromatic rings. The van der Waals surface area contributed by atoms with Crippen molar-refractivity contribution in [1.29, 1.82) is 0 Å². The van der Waals surface area contributed by atoms with E-state index in [0.717, 1.165) is 6.42 Å². The quantitative estimate of drug-likeness (QED) is 0.728. The van der Waals surface area contributed by atoms with Gasteiger partial charge in [-0.15, -0.1) is 0 Å². The summed E-state index contributed by atoms with van der Waals surface area (Å²) in [5.41, 5.74) is 0.374. The Bertz CT molecular complexity index is 195. The lowest BCUT2D eigenvalue weighted by Gasteiger charge is -2.35. The molecule has 0 rings (SSSR count). The maximum absolute atomic E-state index is 11.1. The molecule has 0 fully saturated rings. The Labute approximate surface area is 88.5 Å². The molecule has 0 radical (unpaired) electrons. The summed E-state index contributed by atoms with van der Waals surface area (Å²) in [4.78, 5) is 11.1. The molecule has 0 bridgehead atoms. The molecule has 0 spiro atoms. The van der Waals surface area contributed by atoms with Crippen LogP contribution in [0.15, 0.2) is 0 Å². The molecule has 2 heteroatoms. The number of nitrogens with one attached hydrogen (secondary N) is 1. The van der Waals surface area contributed by atoms with E-state index in [1.54, 1.807) is 6.92 Å². The maximum Gasteiger partial charge on any atom is 0.217 e. The van der Waals surface area contributed by atoms with Gasteiger partial charge in [-0.1, -0.05) is 41.5 Å². The van der Waals surface area contributed by atoms with E-state index in [1.165, 1.54) is 0 Å². The number of rotatable bonds is 2. The van der Waals surface area contributed by atoms with Crippen LogP contribution in [0.1, 0.15) is 54.9 Å². The van der Waals surface area contributed by atoms with Gasteiger partial charge in [0.1, 0.15) is 0 Å². The summed E-state index contributed by atoms with van der Waals surface area (Å²) in [6.45, 7) is 14.7. The van der Waals surface area contributed by atoms with Crippen molar-refractivity contribution in [2.45, 2.75) is 60.9 Å². The van der Waals surface area contributed by atoms with Crippen molar-refractivity contribution < 1.29 is 4.79 Å². The van der Waals surface area contributed by atoms with Crippen molar-refractivity contribution >= 4 is 5.91 Å². The highest BCUT2D eigenvalue weighted by atomic mass is 16.1. The van der Waals surface area contributed by atoms with Crippen LogP contribution in [0.25, 0.3) is 0 Å². The maximum atomic E-state index is 11.1. The van der Waals surface area contributed by atoms with Crippen molar-refractivity contribution in [3.05, 3.63) is 0 Å². The third-order valence-electron chi connectivity index (χ3n) is 2.24. The van der Waals surface area contributed by atoms with Crippen LogP contribution >= 0.6 is 0 Å². The van der Waals surface area contributed by atoms with E-state index in [4.69, 9.17) is 0 Å². The van der Waals surface area contributed by atoms with E-state index in [2.05, 4.69) is 46.9 Å². The van der Waals surface area contributed by atoms with Crippen LogP contribution in [0.4, 0.5) is 0 Å². The molecule has 0 aliphatic rings. The molecule has 0 aromatic carbocycles. The predicted octanol–water partition coefficient (Wildman–Crippen LogP) is 2.97. The summed E-state index contributed by atoms with van der Waals surface area (Å²) in [6.07, 6.45) is 1.01. The fourth-order valence-electron chi connectivity index (χ4n) is 1.43. The van der Waals surface area contributed by atoms with Crippen LogP contribution < -0.4 is 5.32 Å². The zero-order chi connectivity index (χ0) is 11.6. The molecule has 14 heavy (non-hydrogen) atoms. The Hall–Kier alpha value is -0.530.